The molecule has 0 unspecified atom stereocenters. The molecular formula is C20H28N4O2S. The number of fused-ring (bicyclic) bond motifs is 3. The summed E-state index contributed by atoms with van der Waals surface area (Å²) < 4.78 is 0. The third kappa shape index (κ3) is 3.94. The molecule has 1 fully saturated rings. The summed E-state index contributed by atoms with van der Waals surface area (Å²) >= 11 is 1.70. The van der Waals surface area contributed by atoms with Crippen molar-refractivity contribution in [3.63, 3.8) is 0 Å². The molecule has 146 valence electrons. The number of amides is 1. The maximum absolute atomic E-state index is 12.7. The molecule has 1 amide bonds. The van der Waals surface area contributed by atoms with Crippen molar-refractivity contribution in [2.45, 2.75) is 58.4 Å². The summed E-state index contributed by atoms with van der Waals surface area (Å²) in [7, 11) is 0. The number of piperazine rings is 1. The molecule has 3 heterocycles. The van der Waals surface area contributed by atoms with Gasteiger partial charge in [0.15, 0.2) is 0 Å². The number of aromatic nitrogens is 2. The van der Waals surface area contributed by atoms with E-state index in [1.807, 2.05) is 4.90 Å². The number of carbonyl (C=O) groups excluding carboxylic acids is 1. The van der Waals surface area contributed by atoms with E-state index in [1.54, 1.807) is 11.3 Å². The Hall–Kier alpha value is -1.73. The molecule has 1 saturated heterocycles. The van der Waals surface area contributed by atoms with Crippen molar-refractivity contribution in [1.29, 1.82) is 0 Å². The zero-order valence-corrected chi connectivity index (χ0v) is 16.9. The van der Waals surface area contributed by atoms with Crippen LogP contribution in [0.3, 0.4) is 0 Å². The molecule has 4 rings (SSSR count). The van der Waals surface area contributed by atoms with Crippen molar-refractivity contribution < 1.29 is 4.79 Å². The molecule has 7 heteroatoms. The molecule has 1 aliphatic heterocycles. The number of thiophene rings is 1. The lowest BCUT2D eigenvalue weighted by atomic mass is 9.97. The standard InChI is InChI=1S/C20H28N4O2S/c1-2-3-8-17(25)24-11-9-23(10-12-24)13-16-21-19(26)18-14-6-4-5-7-15(14)27-20(18)22-16/h2-13H2,1H3,(H,21,22,26). The first-order chi connectivity index (χ1) is 13.2. The van der Waals surface area contributed by atoms with Gasteiger partial charge in [-0.15, -0.1) is 11.3 Å². The van der Waals surface area contributed by atoms with Gasteiger partial charge in [-0.1, -0.05) is 13.3 Å². The smallest absolute Gasteiger partial charge is 0.259 e. The van der Waals surface area contributed by atoms with Gasteiger partial charge in [0.2, 0.25) is 5.91 Å². The van der Waals surface area contributed by atoms with Crippen molar-refractivity contribution >= 4 is 27.5 Å². The third-order valence-corrected chi connectivity index (χ3v) is 6.90. The summed E-state index contributed by atoms with van der Waals surface area (Å²) in [5.74, 6) is 1.02. The highest BCUT2D eigenvalue weighted by Gasteiger charge is 2.23. The zero-order chi connectivity index (χ0) is 18.8. The molecule has 6 nitrogen and oxygen atoms in total. The van der Waals surface area contributed by atoms with Crippen LogP contribution in [0.4, 0.5) is 0 Å². The number of aromatic amines is 1. The summed E-state index contributed by atoms with van der Waals surface area (Å²) in [6.45, 7) is 5.95. The van der Waals surface area contributed by atoms with Crippen molar-refractivity contribution in [1.82, 2.24) is 19.8 Å². The SMILES string of the molecule is CCCCC(=O)N1CCN(Cc2nc3sc4c(c3c(=O)[nH]2)CCCC4)CC1. The van der Waals surface area contributed by atoms with Gasteiger partial charge in [0, 0.05) is 37.5 Å². The van der Waals surface area contributed by atoms with Gasteiger partial charge in [-0.2, -0.15) is 0 Å². The van der Waals surface area contributed by atoms with Crippen LogP contribution in [0, 0.1) is 0 Å². The average molecular weight is 389 g/mol. The van der Waals surface area contributed by atoms with E-state index in [0.29, 0.717) is 13.0 Å². The predicted molar refractivity (Wildman–Crippen MR) is 108 cm³/mol. The molecule has 1 N–H and O–H groups in total. The van der Waals surface area contributed by atoms with Crippen LogP contribution in [0.15, 0.2) is 4.79 Å². The van der Waals surface area contributed by atoms with Gasteiger partial charge in [-0.3, -0.25) is 14.5 Å². The van der Waals surface area contributed by atoms with E-state index >= 15 is 0 Å². The Bertz CT molecular complexity index is 880. The highest BCUT2D eigenvalue weighted by molar-refractivity contribution is 7.18. The van der Waals surface area contributed by atoms with Crippen LogP contribution in [-0.4, -0.2) is 51.9 Å². The van der Waals surface area contributed by atoms with E-state index in [-0.39, 0.29) is 11.5 Å². The van der Waals surface area contributed by atoms with E-state index in [1.165, 1.54) is 23.3 Å². The third-order valence-electron chi connectivity index (χ3n) is 5.72. The van der Waals surface area contributed by atoms with E-state index in [2.05, 4.69) is 16.8 Å². The minimum atomic E-state index is 0.0165. The first-order valence-corrected chi connectivity index (χ1v) is 11.0. The Morgan fingerprint density at radius 2 is 1.96 bits per heavy atom. The fourth-order valence-corrected chi connectivity index (χ4v) is 5.42. The average Bonchev–Trinajstić information content (AvgIpc) is 3.05. The van der Waals surface area contributed by atoms with Crippen LogP contribution >= 0.6 is 11.3 Å². The Morgan fingerprint density at radius 1 is 1.19 bits per heavy atom. The number of hydrogen-bond acceptors (Lipinski definition) is 5. The number of carbonyl (C=O) groups is 1. The van der Waals surface area contributed by atoms with Crippen molar-refractivity contribution in [3.8, 4) is 0 Å². The fourth-order valence-electron chi connectivity index (χ4n) is 4.14. The zero-order valence-electron chi connectivity index (χ0n) is 16.1. The molecule has 2 aromatic rings. The van der Waals surface area contributed by atoms with E-state index in [4.69, 9.17) is 4.98 Å². The number of rotatable bonds is 5. The van der Waals surface area contributed by atoms with Gasteiger partial charge in [0.25, 0.3) is 5.56 Å². The topological polar surface area (TPSA) is 69.3 Å². The largest absolute Gasteiger partial charge is 0.340 e. The number of unbranched alkanes of at least 4 members (excludes halogenated alkanes) is 1. The first kappa shape index (κ1) is 18.6. The second-order valence-corrected chi connectivity index (χ2v) is 8.75. The molecule has 1 aliphatic carbocycles. The normalized spacial score (nSPS) is 18.0. The second-order valence-electron chi connectivity index (χ2n) is 7.66. The van der Waals surface area contributed by atoms with Crippen LogP contribution < -0.4 is 5.56 Å². The molecule has 0 saturated carbocycles. The molecule has 0 spiro atoms. The van der Waals surface area contributed by atoms with Crippen LogP contribution in [0.1, 0.15) is 55.3 Å². The lowest BCUT2D eigenvalue weighted by Gasteiger charge is -2.34. The Balaban J connectivity index is 1.42. The maximum Gasteiger partial charge on any atom is 0.259 e. The Morgan fingerprint density at radius 3 is 2.74 bits per heavy atom. The molecule has 0 aromatic carbocycles. The van der Waals surface area contributed by atoms with Crippen molar-refractivity contribution in [2.75, 3.05) is 26.2 Å². The summed E-state index contributed by atoms with van der Waals surface area (Å²) in [5.41, 5.74) is 1.25. The van der Waals surface area contributed by atoms with Gasteiger partial charge < -0.3 is 9.88 Å². The van der Waals surface area contributed by atoms with Crippen LogP contribution in [0.2, 0.25) is 0 Å². The predicted octanol–water partition coefficient (Wildman–Crippen LogP) is 2.70. The lowest BCUT2D eigenvalue weighted by Crippen LogP contribution is -2.48. The van der Waals surface area contributed by atoms with Crippen LogP contribution in [-0.2, 0) is 24.2 Å². The second kappa shape index (κ2) is 8.10. The number of nitrogens with one attached hydrogen (secondary N) is 1. The molecular weight excluding hydrogens is 360 g/mol. The Kier molecular flexibility index (Phi) is 5.59. The van der Waals surface area contributed by atoms with E-state index in [9.17, 15) is 9.59 Å². The van der Waals surface area contributed by atoms with Gasteiger partial charge in [-0.25, -0.2) is 4.98 Å². The van der Waals surface area contributed by atoms with Gasteiger partial charge in [0.1, 0.15) is 10.7 Å². The number of H-pyrrole nitrogens is 1. The lowest BCUT2D eigenvalue weighted by molar-refractivity contribution is -0.133. The van der Waals surface area contributed by atoms with Crippen LogP contribution in [0.25, 0.3) is 10.2 Å². The molecule has 27 heavy (non-hydrogen) atoms. The van der Waals surface area contributed by atoms with Crippen molar-refractivity contribution in [3.05, 3.63) is 26.6 Å². The summed E-state index contributed by atoms with van der Waals surface area (Å²) in [6, 6.07) is 0. The monoisotopic (exact) mass is 388 g/mol. The van der Waals surface area contributed by atoms with Gasteiger partial charge in [-0.05, 0) is 37.7 Å². The van der Waals surface area contributed by atoms with Crippen molar-refractivity contribution in [2.24, 2.45) is 0 Å². The van der Waals surface area contributed by atoms with Crippen LogP contribution in [0.5, 0.6) is 0 Å². The highest BCUT2D eigenvalue weighted by Crippen LogP contribution is 2.33. The molecule has 0 radical (unpaired) electrons. The fraction of sp³-hybridized carbons (Fsp3) is 0.650. The minimum Gasteiger partial charge on any atom is -0.340 e. The summed E-state index contributed by atoms with van der Waals surface area (Å²) in [4.78, 5) is 39.1. The number of aryl methyl sites for hydroxylation is 2. The molecule has 0 bridgehead atoms. The van der Waals surface area contributed by atoms with Gasteiger partial charge >= 0.3 is 0 Å². The molecule has 2 aromatic heterocycles. The van der Waals surface area contributed by atoms with E-state index < -0.39 is 0 Å². The maximum atomic E-state index is 12.7. The number of hydrogen-bond donors (Lipinski definition) is 1. The highest BCUT2D eigenvalue weighted by atomic mass is 32.1. The minimum absolute atomic E-state index is 0.0165. The first-order valence-electron chi connectivity index (χ1n) is 10.2. The number of nitrogens with zero attached hydrogens (tertiary/aromatic N) is 3. The Labute approximate surface area is 163 Å². The van der Waals surface area contributed by atoms with Gasteiger partial charge in [0.05, 0.1) is 11.9 Å². The summed E-state index contributed by atoms with van der Waals surface area (Å²) in [5, 5.41) is 0.824. The summed E-state index contributed by atoms with van der Waals surface area (Å²) in [6.07, 6.45) is 7.15. The molecule has 2 aliphatic rings. The quantitative estimate of drug-likeness (QED) is 0.855. The molecule has 0 atom stereocenters. The van der Waals surface area contributed by atoms with E-state index in [0.717, 1.165) is 67.9 Å².